The maximum absolute atomic E-state index is 5.99. The summed E-state index contributed by atoms with van der Waals surface area (Å²) in [5.41, 5.74) is 3.19. The average molecular weight is 290 g/mol. The highest BCUT2D eigenvalue weighted by Crippen LogP contribution is 2.34. The van der Waals surface area contributed by atoms with E-state index in [0.717, 1.165) is 27.8 Å². The second kappa shape index (κ2) is 4.84. The summed E-state index contributed by atoms with van der Waals surface area (Å²) in [5, 5.41) is 0.970. The maximum Gasteiger partial charge on any atom is 0.267 e. The topological polar surface area (TPSA) is 48.2 Å². The van der Waals surface area contributed by atoms with Gasteiger partial charge in [0.15, 0.2) is 0 Å². The third-order valence-electron chi connectivity index (χ3n) is 3.60. The molecule has 0 atom stereocenters. The molecule has 0 saturated heterocycles. The molecule has 0 bridgehead atoms. The first kappa shape index (κ1) is 12.8. The highest BCUT2D eigenvalue weighted by molar-refractivity contribution is 6.03. The minimum absolute atomic E-state index is 0.452. The summed E-state index contributed by atoms with van der Waals surface area (Å²) in [5.74, 6) is 1.87. The van der Waals surface area contributed by atoms with E-state index < -0.39 is 0 Å². The van der Waals surface area contributed by atoms with Gasteiger partial charge in [0, 0.05) is 5.39 Å². The second-order valence-electron chi connectivity index (χ2n) is 5.22. The minimum Gasteiger partial charge on any atom is -0.449 e. The molecule has 0 spiro atoms. The molecule has 2 aromatic heterocycles. The lowest BCUT2D eigenvalue weighted by Gasteiger charge is -2.08. The lowest BCUT2D eigenvalue weighted by molar-refractivity contribution is 0.451. The highest BCUT2D eigenvalue weighted by atomic mass is 16.5. The van der Waals surface area contributed by atoms with Gasteiger partial charge in [0.25, 0.3) is 5.88 Å². The number of rotatable bonds is 2. The van der Waals surface area contributed by atoms with E-state index in [9.17, 15) is 0 Å². The second-order valence-corrected chi connectivity index (χ2v) is 5.22. The SMILES string of the molecule is Cc1nc(Oc2ccccc2C)c2oc3ccccc3c2n1. The zero-order valence-electron chi connectivity index (χ0n) is 12.3. The van der Waals surface area contributed by atoms with Crippen LogP contribution in [-0.4, -0.2) is 9.97 Å². The first-order chi connectivity index (χ1) is 10.7. The van der Waals surface area contributed by atoms with Crippen LogP contribution in [0.5, 0.6) is 11.6 Å². The Morgan fingerprint density at radius 1 is 0.909 bits per heavy atom. The van der Waals surface area contributed by atoms with Crippen molar-refractivity contribution in [3.05, 3.63) is 59.9 Å². The number of hydrogen-bond donors (Lipinski definition) is 0. The smallest absolute Gasteiger partial charge is 0.267 e. The number of para-hydroxylation sites is 2. The van der Waals surface area contributed by atoms with Crippen LogP contribution < -0.4 is 4.74 Å². The van der Waals surface area contributed by atoms with Gasteiger partial charge in [-0.1, -0.05) is 30.3 Å². The van der Waals surface area contributed by atoms with Crippen LogP contribution in [0.2, 0.25) is 0 Å². The van der Waals surface area contributed by atoms with Crippen molar-refractivity contribution in [2.45, 2.75) is 13.8 Å². The van der Waals surface area contributed by atoms with Crippen molar-refractivity contribution in [2.75, 3.05) is 0 Å². The Hall–Kier alpha value is -2.88. The van der Waals surface area contributed by atoms with E-state index in [1.54, 1.807) is 0 Å². The molecule has 0 aliphatic rings. The molecule has 4 heteroatoms. The lowest BCUT2D eigenvalue weighted by atomic mass is 10.2. The van der Waals surface area contributed by atoms with Crippen molar-refractivity contribution in [1.29, 1.82) is 0 Å². The number of aromatic nitrogens is 2. The Morgan fingerprint density at radius 2 is 1.68 bits per heavy atom. The predicted molar refractivity (Wildman–Crippen MR) is 85.3 cm³/mol. The zero-order chi connectivity index (χ0) is 15.1. The standard InChI is InChI=1S/C18H14N2O2/c1-11-7-3-5-9-14(11)22-18-17-16(19-12(2)20-18)13-8-4-6-10-15(13)21-17/h3-10H,1-2H3. The van der Waals surface area contributed by atoms with Crippen molar-refractivity contribution in [2.24, 2.45) is 0 Å². The van der Waals surface area contributed by atoms with Crippen molar-refractivity contribution in [3.63, 3.8) is 0 Å². The number of ether oxygens (including phenoxy) is 1. The minimum atomic E-state index is 0.452. The quantitative estimate of drug-likeness (QED) is 0.533. The fourth-order valence-electron chi connectivity index (χ4n) is 2.52. The Kier molecular flexibility index (Phi) is 2.82. The van der Waals surface area contributed by atoms with Crippen LogP contribution in [0.15, 0.2) is 52.9 Å². The molecular formula is C18H14N2O2. The van der Waals surface area contributed by atoms with E-state index in [-0.39, 0.29) is 0 Å². The maximum atomic E-state index is 5.99. The van der Waals surface area contributed by atoms with Crippen LogP contribution in [0.4, 0.5) is 0 Å². The van der Waals surface area contributed by atoms with Gasteiger partial charge >= 0.3 is 0 Å². The molecular weight excluding hydrogens is 276 g/mol. The molecule has 22 heavy (non-hydrogen) atoms. The van der Waals surface area contributed by atoms with E-state index in [2.05, 4.69) is 9.97 Å². The molecule has 0 amide bonds. The Bertz CT molecular complexity index is 989. The van der Waals surface area contributed by atoms with Crippen LogP contribution in [-0.2, 0) is 0 Å². The molecule has 108 valence electrons. The molecule has 0 radical (unpaired) electrons. The van der Waals surface area contributed by atoms with Gasteiger partial charge in [-0.3, -0.25) is 0 Å². The molecule has 0 aliphatic carbocycles. The van der Waals surface area contributed by atoms with E-state index in [1.807, 2.05) is 62.4 Å². The van der Waals surface area contributed by atoms with Crippen molar-refractivity contribution >= 4 is 22.1 Å². The largest absolute Gasteiger partial charge is 0.449 e. The number of furan rings is 1. The van der Waals surface area contributed by atoms with Gasteiger partial charge in [0.1, 0.15) is 22.7 Å². The third kappa shape index (κ3) is 2.00. The van der Waals surface area contributed by atoms with E-state index in [1.165, 1.54) is 0 Å². The van der Waals surface area contributed by atoms with E-state index in [0.29, 0.717) is 17.3 Å². The number of nitrogens with zero attached hydrogens (tertiary/aromatic N) is 2. The number of hydrogen-bond acceptors (Lipinski definition) is 4. The number of aryl methyl sites for hydroxylation is 2. The van der Waals surface area contributed by atoms with Crippen molar-refractivity contribution in [3.8, 4) is 11.6 Å². The molecule has 4 nitrogen and oxygen atoms in total. The van der Waals surface area contributed by atoms with Gasteiger partial charge in [-0.05, 0) is 37.6 Å². The molecule has 4 rings (SSSR count). The summed E-state index contributed by atoms with van der Waals surface area (Å²) < 4.78 is 11.9. The zero-order valence-corrected chi connectivity index (χ0v) is 12.3. The van der Waals surface area contributed by atoms with Crippen LogP contribution in [0.1, 0.15) is 11.4 Å². The Balaban J connectivity index is 1.95. The average Bonchev–Trinajstić information content (AvgIpc) is 2.88. The van der Waals surface area contributed by atoms with Crippen LogP contribution >= 0.6 is 0 Å². The molecule has 0 unspecified atom stereocenters. The fourth-order valence-corrected chi connectivity index (χ4v) is 2.52. The normalized spacial score (nSPS) is 11.2. The van der Waals surface area contributed by atoms with Gasteiger partial charge in [0.2, 0.25) is 5.58 Å². The Morgan fingerprint density at radius 3 is 2.55 bits per heavy atom. The Labute approximate surface area is 127 Å². The summed E-state index contributed by atoms with van der Waals surface area (Å²) in [6.07, 6.45) is 0. The van der Waals surface area contributed by atoms with Gasteiger partial charge < -0.3 is 9.15 Å². The molecule has 2 heterocycles. The molecule has 0 N–H and O–H groups in total. The van der Waals surface area contributed by atoms with Gasteiger partial charge in [-0.25, -0.2) is 4.98 Å². The summed E-state index contributed by atoms with van der Waals surface area (Å²) in [7, 11) is 0. The first-order valence-corrected chi connectivity index (χ1v) is 7.12. The first-order valence-electron chi connectivity index (χ1n) is 7.12. The van der Waals surface area contributed by atoms with Crippen LogP contribution in [0.25, 0.3) is 22.1 Å². The van der Waals surface area contributed by atoms with Crippen molar-refractivity contribution < 1.29 is 9.15 Å². The molecule has 2 aromatic carbocycles. The molecule has 4 aromatic rings. The van der Waals surface area contributed by atoms with Crippen LogP contribution in [0, 0.1) is 13.8 Å². The predicted octanol–water partition coefficient (Wildman–Crippen LogP) is 4.79. The molecule has 0 aliphatic heterocycles. The highest BCUT2D eigenvalue weighted by Gasteiger charge is 2.16. The molecule has 0 fully saturated rings. The summed E-state index contributed by atoms with van der Waals surface area (Å²) in [4.78, 5) is 8.91. The van der Waals surface area contributed by atoms with Crippen molar-refractivity contribution in [1.82, 2.24) is 9.97 Å². The van der Waals surface area contributed by atoms with E-state index in [4.69, 9.17) is 9.15 Å². The van der Waals surface area contributed by atoms with Gasteiger partial charge in [0.05, 0.1) is 0 Å². The van der Waals surface area contributed by atoms with Crippen LogP contribution in [0.3, 0.4) is 0 Å². The summed E-state index contributed by atoms with van der Waals surface area (Å²) in [6, 6.07) is 15.6. The summed E-state index contributed by atoms with van der Waals surface area (Å²) in [6.45, 7) is 3.85. The van der Waals surface area contributed by atoms with Gasteiger partial charge in [-0.2, -0.15) is 4.98 Å². The number of benzene rings is 2. The monoisotopic (exact) mass is 290 g/mol. The summed E-state index contributed by atoms with van der Waals surface area (Å²) >= 11 is 0. The van der Waals surface area contributed by atoms with Gasteiger partial charge in [-0.15, -0.1) is 0 Å². The third-order valence-corrected chi connectivity index (χ3v) is 3.60. The lowest BCUT2D eigenvalue weighted by Crippen LogP contribution is -1.95. The number of fused-ring (bicyclic) bond motifs is 3. The molecule has 0 saturated carbocycles. The van der Waals surface area contributed by atoms with E-state index >= 15 is 0 Å². The fraction of sp³-hybridized carbons (Fsp3) is 0.111.